The number of fused-ring (bicyclic) bond motifs is 1. The molecular weight excluding hydrogens is 400 g/mol. The first-order chi connectivity index (χ1) is 13.4. The number of carbonyl (C=O) groups excluding carboxylic acids is 1. The van der Waals surface area contributed by atoms with E-state index in [2.05, 4.69) is 0 Å². The van der Waals surface area contributed by atoms with Gasteiger partial charge in [-0.3, -0.25) is 9.69 Å². The molecule has 2 aromatic rings. The highest BCUT2D eigenvalue weighted by atomic mass is 35.5. The standard InChI is InChI=1S/C20H21ClN2O4S/c1-27-17-7-5-14(6-8-17)10-22-11-20(24)23(16-4-2-3-15(21)9-16)19-13-28(25,26)12-18(19)22/h2-9,18-19H,10-13H2,1H3/t18-,19-/m1/s1. The Morgan fingerprint density at radius 2 is 1.82 bits per heavy atom. The van der Waals surface area contributed by atoms with Gasteiger partial charge >= 0.3 is 0 Å². The van der Waals surface area contributed by atoms with Gasteiger partial charge in [0.25, 0.3) is 0 Å². The van der Waals surface area contributed by atoms with Gasteiger partial charge in [0, 0.05) is 23.3 Å². The summed E-state index contributed by atoms with van der Waals surface area (Å²) in [4.78, 5) is 16.6. The molecular formula is C20H21ClN2O4S. The van der Waals surface area contributed by atoms with E-state index in [0.717, 1.165) is 11.3 Å². The van der Waals surface area contributed by atoms with Gasteiger partial charge in [-0.05, 0) is 35.9 Å². The predicted octanol–water partition coefficient (Wildman–Crippen LogP) is 2.36. The first kappa shape index (κ1) is 19.2. The van der Waals surface area contributed by atoms with Crippen molar-refractivity contribution in [2.45, 2.75) is 18.6 Å². The van der Waals surface area contributed by atoms with Crippen molar-refractivity contribution in [2.24, 2.45) is 0 Å². The molecule has 0 aromatic heterocycles. The normalized spacial score (nSPS) is 24.2. The topological polar surface area (TPSA) is 66.9 Å². The molecule has 2 atom stereocenters. The number of halogens is 1. The maximum atomic E-state index is 13.0. The predicted molar refractivity (Wildman–Crippen MR) is 109 cm³/mol. The number of benzene rings is 2. The van der Waals surface area contributed by atoms with Gasteiger partial charge in [-0.15, -0.1) is 0 Å². The highest BCUT2D eigenvalue weighted by Crippen LogP contribution is 2.33. The molecule has 0 unspecified atom stereocenters. The quantitative estimate of drug-likeness (QED) is 0.759. The first-order valence-electron chi connectivity index (χ1n) is 9.01. The zero-order valence-corrected chi connectivity index (χ0v) is 17.0. The molecule has 2 heterocycles. The molecule has 6 nitrogen and oxygen atoms in total. The summed E-state index contributed by atoms with van der Waals surface area (Å²) in [6.07, 6.45) is 0. The van der Waals surface area contributed by atoms with Crippen LogP contribution in [0, 0.1) is 0 Å². The number of nitrogens with zero attached hydrogens (tertiary/aromatic N) is 2. The zero-order chi connectivity index (χ0) is 19.9. The van der Waals surface area contributed by atoms with Crippen molar-refractivity contribution in [3.8, 4) is 5.75 Å². The van der Waals surface area contributed by atoms with Crippen molar-refractivity contribution < 1.29 is 17.9 Å². The van der Waals surface area contributed by atoms with Crippen molar-refractivity contribution in [3.05, 3.63) is 59.1 Å². The number of sulfone groups is 1. The molecule has 28 heavy (non-hydrogen) atoms. The maximum absolute atomic E-state index is 13.0. The third-order valence-electron chi connectivity index (χ3n) is 5.33. The van der Waals surface area contributed by atoms with Crippen molar-refractivity contribution >= 4 is 33.0 Å². The minimum absolute atomic E-state index is 0.0327. The first-order valence-corrected chi connectivity index (χ1v) is 11.2. The second kappa shape index (κ2) is 7.39. The molecule has 0 saturated carbocycles. The molecule has 2 aromatic carbocycles. The summed E-state index contributed by atoms with van der Waals surface area (Å²) in [7, 11) is -1.62. The van der Waals surface area contributed by atoms with E-state index in [0.29, 0.717) is 17.3 Å². The van der Waals surface area contributed by atoms with E-state index < -0.39 is 15.9 Å². The average molecular weight is 421 g/mol. The molecule has 0 N–H and O–H groups in total. The number of piperazine rings is 1. The summed E-state index contributed by atoms with van der Waals surface area (Å²) >= 11 is 6.09. The number of ether oxygens (including phenoxy) is 1. The molecule has 148 valence electrons. The number of amides is 1. The summed E-state index contributed by atoms with van der Waals surface area (Å²) in [6, 6.07) is 13.9. The summed E-state index contributed by atoms with van der Waals surface area (Å²) in [6.45, 7) is 0.672. The van der Waals surface area contributed by atoms with Crippen LogP contribution in [0.4, 0.5) is 5.69 Å². The molecule has 0 bridgehead atoms. The van der Waals surface area contributed by atoms with Gasteiger partial charge in [0.1, 0.15) is 5.75 Å². The van der Waals surface area contributed by atoms with E-state index in [1.54, 1.807) is 36.3 Å². The molecule has 0 radical (unpaired) electrons. The van der Waals surface area contributed by atoms with Crippen LogP contribution in [-0.4, -0.2) is 56.5 Å². The summed E-state index contributed by atoms with van der Waals surface area (Å²) in [5.74, 6) is 0.661. The Hall–Kier alpha value is -2.09. The lowest BCUT2D eigenvalue weighted by molar-refractivity contribution is -0.123. The van der Waals surface area contributed by atoms with Gasteiger partial charge < -0.3 is 9.64 Å². The zero-order valence-electron chi connectivity index (χ0n) is 15.4. The maximum Gasteiger partial charge on any atom is 0.241 e. The molecule has 0 aliphatic carbocycles. The molecule has 2 fully saturated rings. The number of methoxy groups -OCH3 is 1. The van der Waals surface area contributed by atoms with E-state index in [-0.39, 0.29) is 30.0 Å². The Morgan fingerprint density at radius 1 is 1.11 bits per heavy atom. The van der Waals surface area contributed by atoms with Crippen LogP contribution in [0.2, 0.25) is 5.02 Å². The van der Waals surface area contributed by atoms with Gasteiger partial charge in [-0.2, -0.15) is 0 Å². The second-order valence-corrected chi connectivity index (χ2v) is 9.80. The molecule has 4 rings (SSSR count). The highest BCUT2D eigenvalue weighted by molar-refractivity contribution is 7.91. The van der Waals surface area contributed by atoms with Crippen LogP contribution in [0.5, 0.6) is 5.75 Å². The van der Waals surface area contributed by atoms with Gasteiger partial charge in [-0.25, -0.2) is 8.42 Å². The highest BCUT2D eigenvalue weighted by Gasteiger charge is 2.49. The molecule has 2 saturated heterocycles. The van der Waals surface area contributed by atoms with Crippen molar-refractivity contribution in [3.63, 3.8) is 0 Å². The Balaban J connectivity index is 1.64. The summed E-state index contributed by atoms with van der Waals surface area (Å²) < 4.78 is 30.0. The van der Waals surface area contributed by atoms with E-state index in [1.807, 2.05) is 29.2 Å². The van der Waals surface area contributed by atoms with Gasteiger partial charge in [0.15, 0.2) is 9.84 Å². The van der Waals surface area contributed by atoms with E-state index in [4.69, 9.17) is 16.3 Å². The Bertz CT molecular complexity index is 994. The lowest BCUT2D eigenvalue weighted by Crippen LogP contribution is -2.61. The fourth-order valence-corrected chi connectivity index (χ4v) is 6.22. The largest absolute Gasteiger partial charge is 0.497 e. The monoisotopic (exact) mass is 420 g/mol. The van der Waals surface area contributed by atoms with Gasteiger partial charge in [0.2, 0.25) is 5.91 Å². The second-order valence-electron chi connectivity index (χ2n) is 7.21. The third-order valence-corrected chi connectivity index (χ3v) is 7.27. The number of hydrogen-bond donors (Lipinski definition) is 0. The average Bonchev–Trinajstić information content (AvgIpc) is 2.97. The Labute approximate surface area is 169 Å². The van der Waals surface area contributed by atoms with Crippen LogP contribution >= 0.6 is 11.6 Å². The Kier molecular flexibility index (Phi) is 5.07. The number of carbonyl (C=O) groups is 1. The SMILES string of the molecule is COc1ccc(CN2CC(=O)N(c3cccc(Cl)c3)[C@@H]3CS(=O)(=O)C[C@H]32)cc1. The van der Waals surface area contributed by atoms with Crippen molar-refractivity contribution in [1.82, 2.24) is 4.90 Å². The number of rotatable bonds is 4. The third kappa shape index (κ3) is 3.74. The van der Waals surface area contributed by atoms with E-state index in [1.165, 1.54) is 0 Å². The lowest BCUT2D eigenvalue weighted by atomic mass is 10.0. The van der Waals surface area contributed by atoms with E-state index in [9.17, 15) is 13.2 Å². The summed E-state index contributed by atoms with van der Waals surface area (Å²) in [5.41, 5.74) is 1.65. The lowest BCUT2D eigenvalue weighted by Gasteiger charge is -2.43. The minimum Gasteiger partial charge on any atom is -0.497 e. The number of anilines is 1. The fourth-order valence-electron chi connectivity index (χ4n) is 4.06. The number of hydrogen-bond acceptors (Lipinski definition) is 5. The molecule has 1 amide bonds. The smallest absolute Gasteiger partial charge is 0.241 e. The van der Waals surface area contributed by atoms with E-state index >= 15 is 0 Å². The van der Waals surface area contributed by atoms with Crippen LogP contribution < -0.4 is 9.64 Å². The van der Waals surface area contributed by atoms with Crippen LogP contribution in [-0.2, 0) is 21.2 Å². The summed E-state index contributed by atoms with van der Waals surface area (Å²) in [5, 5.41) is 0.517. The van der Waals surface area contributed by atoms with Crippen LogP contribution in [0.15, 0.2) is 48.5 Å². The fraction of sp³-hybridized carbons (Fsp3) is 0.350. The van der Waals surface area contributed by atoms with Crippen molar-refractivity contribution in [1.29, 1.82) is 0 Å². The molecule has 2 aliphatic rings. The van der Waals surface area contributed by atoms with Crippen LogP contribution in [0.25, 0.3) is 0 Å². The van der Waals surface area contributed by atoms with Crippen molar-refractivity contribution in [2.75, 3.05) is 30.1 Å². The van der Waals surface area contributed by atoms with Gasteiger partial charge in [-0.1, -0.05) is 29.8 Å². The van der Waals surface area contributed by atoms with Crippen LogP contribution in [0.1, 0.15) is 5.56 Å². The molecule has 8 heteroatoms. The van der Waals surface area contributed by atoms with Crippen LogP contribution in [0.3, 0.4) is 0 Å². The molecule has 2 aliphatic heterocycles. The molecule has 0 spiro atoms. The Morgan fingerprint density at radius 3 is 2.50 bits per heavy atom. The van der Waals surface area contributed by atoms with Gasteiger partial charge in [0.05, 0.1) is 31.2 Å². The minimum atomic E-state index is -3.23.